The van der Waals surface area contributed by atoms with E-state index < -0.39 is 0 Å². The molecule has 132 valence electrons. The fourth-order valence-electron chi connectivity index (χ4n) is 3.32. The van der Waals surface area contributed by atoms with Gasteiger partial charge in [-0.25, -0.2) is 0 Å². The monoisotopic (exact) mass is 384 g/mol. The summed E-state index contributed by atoms with van der Waals surface area (Å²) in [6.07, 6.45) is 1.76. The Morgan fingerprint density at radius 1 is 1.19 bits per heavy atom. The molecule has 3 N–H and O–H groups in total. The maximum Gasteiger partial charge on any atom is 0.174 e. The first-order valence-corrected chi connectivity index (χ1v) is 8.98. The summed E-state index contributed by atoms with van der Waals surface area (Å²) in [5.74, 6) is 0.119. The van der Waals surface area contributed by atoms with Crippen LogP contribution in [0.15, 0.2) is 54.7 Å². The summed E-state index contributed by atoms with van der Waals surface area (Å²) >= 11 is 11.8. The molecule has 0 saturated carbocycles. The predicted octanol–water partition coefficient (Wildman–Crippen LogP) is 4.25. The average Bonchev–Trinajstić information content (AvgIpc) is 3.21. The fourth-order valence-corrected chi connectivity index (χ4v) is 3.82. The van der Waals surface area contributed by atoms with E-state index in [4.69, 9.17) is 23.8 Å². The minimum Gasteiger partial charge on any atom is -0.506 e. The highest BCUT2D eigenvalue weighted by molar-refractivity contribution is 7.80. The first-order chi connectivity index (χ1) is 12.5. The Bertz CT molecular complexity index is 959. The summed E-state index contributed by atoms with van der Waals surface area (Å²) in [6.45, 7) is 2.00. The van der Waals surface area contributed by atoms with Crippen molar-refractivity contribution in [2.75, 3.05) is 4.90 Å². The minimum atomic E-state index is -0.199. The van der Waals surface area contributed by atoms with E-state index in [0.29, 0.717) is 15.8 Å². The highest BCUT2D eigenvalue weighted by Crippen LogP contribution is 2.44. The highest BCUT2D eigenvalue weighted by Gasteiger charge is 2.42. The van der Waals surface area contributed by atoms with Gasteiger partial charge in [0.25, 0.3) is 0 Å². The summed E-state index contributed by atoms with van der Waals surface area (Å²) in [4.78, 5) is 9.77. The number of phenols is 1. The van der Waals surface area contributed by atoms with E-state index in [1.54, 1.807) is 24.4 Å². The number of nitrogens with zero attached hydrogens (tertiary/aromatic N) is 2. The number of H-pyrrole nitrogens is 1. The van der Waals surface area contributed by atoms with E-state index in [0.717, 1.165) is 17.1 Å². The van der Waals surface area contributed by atoms with Crippen molar-refractivity contribution in [2.24, 2.45) is 0 Å². The molecular weight excluding hydrogens is 368 g/mol. The van der Waals surface area contributed by atoms with Crippen molar-refractivity contribution >= 4 is 34.6 Å². The summed E-state index contributed by atoms with van der Waals surface area (Å²) in [5, 5.41) is 14.8. The molecular formula is C19H17ClN4OS. The largest absolute Gasteiger partial charge is 0.506 e. The maximum atomic E-state index is 10.4. The molecule has 2 aromatic heterocycles. The Balaban J connectivity index is 1.86. The van der Waals surface area contributed by atoms with E-state index in [-0.39, 0.29) is 17.8 Å². The number of thiocarbonyl (C=S) groups is 1. The van der Waals surface area contributed by atoms with Gasteiger partial charge in [0.15, 0.2) is 5.11 Å². The average molecular weight is 385 g/mol. The van der Waals surface area contributed by atoms with Gasteiger partial charge in [-0.1, -0.05) is 17.7 Å². The van der Waals surface area contributed by atoms with Crippen LogP contribution in [-0.2, 0) is 0 Å². The van der Waals surface area contributed by atoms with Gasteiger partial charge in [0.2, 0.25) is 0 Å². The molecule has 4 rings (SSSR count). The topological polar surface area (TPSA) is 64.2 Å². The van der Waals surface area contributed by atoms with Crippen molar-refractivity contribution in [2.45, 2.75) is 19.0 Å². The third-order valence-electron chi connectivity index (χ3n) is 4.47. The molecule has 7 heteroatoms. The van der Waals surface area contributed by atoms with Crippen molar-refractivity contribution in [3.05, 3.63) is 76.8 Å². The first kappa shape index (κ1) is 16.9. The lowest BCUT2D eigenvalue weighted by Crippen LogP contribution is -2.29. The van der Waals surface area contributed by atoms with Gasteiger partial charge in [0.1, 0.15) is 11.8 Å². The molecule has 3 aromatic rings. The summed E-state index contributed by atoms with van der Waals surface area (Å²) in [5.41, 5.74) is 3.46. The molecule has 2 unspecified atom stereocenters. The molecule has 0 bridgehead atoms. The second-order valence-corrected chi connectivity index (χ2v) is 7.05. The molecule has 0 spiro atoms. The van der Waals surface area contributed by atoms with Gasteiger partial charge in [0.05, 0.1) is 17.4 Å². The van der Waals surface area contributed by atoms with E-state index in [9.17, 15) is 5.11 Å². The number of aromatic amines is 1. The van der Waals surface area contributed by atoms with Crippen LogP contribution in [0, 0.1) is 6.92 Å². The number of hydrogen-bond donors (Lipinski definition) is 3. The van der Waals surface area contributed by atoms with Gasteiger partial charge in [-0.15, -0.1) is 0 Å². The minimum absolute atomic E-state index is 0.119. The van der Waals surface area contributed by atoms with Crippen molar-refractivity contribution in [1.82, 2.24) is 15.3 Å². The van der Waals surface area contributed by atoms with Crippen LogP contribution in [0.4, 0.5) is 5.69 Å². The van der Waals surface area contributed by atoms with Crippen molar-refractivity contribution in [1.29, 1.82) is 0 Å². The number of pyridine rings is 1. The van der Waals surface area contributed by atoms with E-state index in [2.05, 4.69) is 15.3 Å². The molecule has 1 aromatic carbocycles. The SMILES string of the molecule is Cc1ccc(C2C(c3ccccn3)NC(=S)N2c2cc(Cl)ccc2O)[nH]1. The number of benzene rings is 1. The molecule has 3 heterocycles. The molecule has 0 radical (unpaired) electrons. The van der Waals surface area contributed by atoms with Crippen molar-refractivity contribution in [3.8, 4) is 5.75 Å². The molecule has 1 aliphatic rings. The molecule has 1 fully saturated rings. The Hall–Kier alpha value is -2.57. The zero-order valence-corrected chi connectivity index (χ0v) is 15.6. The van der Waals surface area contributed by atoms with Crippen molar-refractivity contribution in [3.63, 3.8) is 0 Å². The normalized spacial score (nSPS) is 19.6. The smallest absolute Gasteiger partial charge is 0.174 e. The number of nitrogens with one attached hydrogen (secondary N) is 2. The van der Waals surface area contributed by atoms with E-state index >= 15 is 0 Å². The highest BCUT2D eigenvalue weighted by atomic mass is 35.5. The fraction of sp³-hybridized carbons (Fsp3) is 0.158. The lowest BCUT2D eigenvalue weighted by Gasteiger charge is -2.27. The molecule has 0 amide bonds. The Morgan fingerprint density at radius 3 is 2.73 bits per heavy atom. The van der Waals surface area contributed by atoms with Gasteiger partial charge in [0, 0.05) is 22.6 Å². The number of aryl methyl sites for hydroxylation is 1. The Morgan fingerprint density at radius 2 is 2.04 bits per heavy atom. The molecule has 1 aliphatic heterocycles. The number of rotatable bonds is 3. The van der Waals surface area contributed by atoms with Crippen LogP contribution in [0.3, 0.4) is 0 Å². The number of aromatic nitrogens is 2. The number of anilines is 1. The van der Waals surface area contributed by atoms with Gasteiger partial charge in [-0.05, 0) is 61.6 Å². The second kappa shape index (κ2) is 6.63. The van der Waals surface area contributed by atoms with Crippen molar-refractivity contribution < 1.29 is 5.11 Å². The number of hydrogen-bond acceptors (Lipinski definition) is 3. The Kier molecular flexibility index (Phi) is 4.30. The standard InChI is InChI=1S/C19H17ClN4OS/c1-11-5-7-14(22-11)18-17(13-4-2-3-9-21-13)23-19(26)24(18)15-10-12(20)6-8-16(15)25/h2-10,17-18,22,25H,1H3,(H,23,26). The lowest BCUT2D eigenvalue weighted by molar-refractivity contribution is 0.472. The molecule has 1 saturated heterocycles. The number of halogens is 1. The molecule has 5 nitrogen and oxygen atoms in total. The maximum absolute atomic E-state index is 10.4. The summed E-state index contributed by atoms with van der Waals surface area (Å²) in [6, 6.07) is 14.4. The number of aromatic hydroxyl groups is 1. The van der Waals surface area contributed by atoms with Crippen LogP contribution in [0.5, 0.6) is 5.75 Å². The third-order valence-corrected chi connectivity index (χ3v) is 5.02. The van der Waals surface area contributed by atoms with E-state index in [1.165, 1.54) is 0 Å². The molecule has 0 aliphatic carbocycles. The molecule has 26 heavy (non-hydrogen) atoms. The van der Waals surface area contributed by atoms with Gasteiger partial charge < -0.3 is 20.3 Å². The second-order valence-electron chi connectivity index (χ2n) is 6.23. The number of phenolic OH excluding ortho intramolecular Hbond substituents is 1. The van der Waals surface area contributed by atoms with E-state index in [1.807, 2.05) is 42.2 Å². The van der Waals surface area contributed by atoms with Crippen LogP contribution >= 0.6 is 23.8 Å². The summed E-state index contributed by atoms with van der Waals surface area (Å²) in [7, 11) is 0. The first-order valence-electron chi connectivity index (χ1n) is 8.19. The summed E-state index contributed by atoms with van der Waals surface area (Å²) < 4.78 is 0. The van der Waals surface area contributed by atoms with Crippen LogP contribution in [-0.4, -0.2) is 20.2 Å². The van der Waals surface area contributed by atoms with Crippen LogP contribution in [0.2, 0.25) is 5.02 Å². The van der Waals surface area contributed by atoms with Gasteiger partial charge in [-0.3, -0.25) is 4.98 Å². The van der Waals surface area contributed by atoms with Crippen LogP contribution < -0.4 is 10.2 Å². The van der Waals surface area contributed by atoms with Gasteiger partial charge >= 0.3 is 0 Å². The zero-order valence-electron chi connectivity index (χ0n) is 14.0. The Labute approximate surface area is 161 Å². The zero-order chi connectivity index (χ0) is 18.3. The quantitative estimate of drug-likeness (QED) is 0.589. The van der Waals surface area contributed by atoms with Gasteiger partial charge in [-0.2, -0.15) is 0 Å². The van der Waals surface area contributed by atoms with Crippen LogP contribution in [0.25, 0.3) is 0 Å². The molecule has 2 atom stereocenters. The predicted molar refractivity (Wildman–Crippen MR) is 107 cm³/mol. The lowest BCUT2D eigenvalue weighted by atomic mass is 10.0. The third kappa shape index (κ3) is 2.91. The van der Waals surface area contributed by atoms with Crippen LogP contribution in [0.1, 0.15) is 29.2 Å².